The molecule has 0 aromatic heterocycles. The van der Waals surface area contributed by atoms with Crippen LogP contribution < -0.4 is 10.0 Å². The molecule has 5 nitrogen and oxygen atoms in total. The van der Waals surface area contributed by atoms with E-state index in [0.717, 1.165) is 0 Å². The van der Waals surface area contributed by atoms with E-state index < -0.39 is 10.0 Å². The molecule has 0 radical (unpaired) electrons. The molecule has 0 aliphatic heterocycles. The van der Waals surface area contributed by atoms with E-state index in [0.29, 0.717) is 36.5 Å². The first-order valence-corrected chi connectivity index (χ1v) is 8.62. The maximum absolute atomic E-state index is 11.8. The molecule has 1 amide bonds. The van der Waals surface area contributed by atoms with Gasteiger partial charge in [-0.05, 0) is 37.1 Å². The molecule has 0 fully saturated rings. The number of alkyl halides is 1. The van der Waals surface area contributed by atoms with Crippen molar-refractivity contribution in [3.05, 3.63) is 24.3 Å². The molecule has 1 rings (SSSR count). The van der Waals surface area contributed by atoms with Crippen molar-refractivity contribution in [1.82, 2.24) is 0 Å². The average molecular weight is 319 g/mol. The summed E-state index contributed by atoms with van der Waals surface area (Å²) in [5, 5.41) is 2.69. The lowest BCUT2D eigenvalue weighted by Gasteiger charge is -2.09. The summed E-state index contributed by atoms with van der Waals surface area (Å²) in [5.41, 5.74) is 1.12. The minimum Gasteiger partial charge on any atom is -0.326 e. The lowest BCUT2D eigenvalue weighted by Crippen LogP contribution is -2.16. The summed E-state index contributed by atoms with van der Waals surface area (Å²) in [5.74, 6) is 0.425. The zero-order valence-corrected chi connectivity index (χ0v) is 12.9. The number of anilines is 2. The van der Waals surface area contributed by atoms with Gasteiger partial charge in [0.25, 0.3) is 0 Å². The molecule has 2 N–H and O–H groups in total. The topological polar surface area (TPSA) is 75.3 Å². The molecule has 0 unspecified atom stereocenters. The van der Waals surface area contributed by atoms with Gasteiger partial charge >= 0.3 is 0 Å². The van der Waals surface area contributed by atoms with Crippen molar-refractivity contribution in [3.63, 3.8) is 0 Å². The van der Waals surface area contributed by atoms with Gasteiger partial charge in [0.15, 0.2) is 0 Å². The van der Waals surface area contributed by atoms with E-state index in [1.165, 1.54) is 0 Å². The predicted octanol–water partition coefficient (Wildman–Crippen LogP) is 2.80. The standard InChI is InChI=1S/C13H19ClN2O3S/c1-2-13(17)15-11-5-7-12(8-6-11)16-20(18,19)10-4-3-9-14/h5-8,16H,2-4,9-10H2,1H3,(H,15,17). The highest BCUT2D eigenvalue weighted by molar-refractivity contribution is 7.92. The normalized spacial score (nSPS) is 11.1. The Balaban J connectivity index is 2.58. The molecule has 0 heterocycles. The summed E-state index contributed by atoms with van der Waals surface area (Å²) in [6.07, 6.45) is 1.60. The van der Waals surface area contributed by atoms with Gasteiger partial charge in [0.1, 0.15) is 0 Å². The molecule has 0 saturated carbocycles. The SMILES string of the molecule is CCC(=O)Nc1ccc(NS(=O)(=O)CCCCCl)cc1. The fraction of sp³-hybridized carbons (Fsp3) is 0.462. The summed E-state index contributed by atoms with van der Waals surface area (Å²) < 4.78 is 26.0. The predicted molar refractivity (Wildman–Crippen MR) is 82.7 cm³/mol. The zero-order chi connectivity index (χ0) is 15.0. The Labute approximate surface area is 124 Å². The van der Waals surface area contributed by atoms with E-state index in [4.69, 9.17) is 11.6 Å². The van der Waals surface area contributed by atoms with Crippen LogP contribution in [0.5, 0.6) is 0 Å². The number of nitrogens with one attached hydrogen (secondary N) is 2. The molecule has 0 spiro atoms. The number of halogens is 1. The molecule has 1 aromatic rings. The largest absolute Gasteiger partial charge is 0.326 e. The highest BCUT2D eigenvalue weighted by atomic mass is 35.5. The molecule has 112 valence electrons. The first-order valence-electron chi connectivity index (χ1n) is 6.43. The molecule has 0 atom stereocenters. The number of rotatable bonds is 8. The van der Waals surface area contributed by atoms with E-state index in [-0.39, 0.29) is 11.7 Å². The molecule has 0 saturated heterocycles. The molecule has 7 heteroatoms. The highest BCUT2D eigenvalue weighted by Gasteiger charge is 2.09. The Bertz CT molecular complexity index is 529. The van der Waals surface area contributed by atoms with E-state index >= 15 is 0 Å². The Morgan fingerprint density at radius 2 is 1.75 bits per heavy atom. The first-order chi connectivity index (χ1) is 9.46. The monoisotopic (exact) mass is 318 g/mol. The van der Waals surface area contributed by atoms with Crippen molar-refractivity contribution in [1.29, 1.82) is 0 Å². The molecular formula is C13H19ClN2O3S. The van der Waals surface area contributed by atoms with Gasteiger partial charge < -0.3 is 5.32 Å². The second kappa shape index (κ2) is 8.11. The Morgan fingerprint density at radius 1 is 1.15 bits per heavy atom. The zero-order valence-electron chi connectivity index (χ0n) is 11.4. The van der Waals surface area contributed by atoms with E-state index in [1.54, 1.807) is 31.2 Å². The molecule has 20 heavy (non-hydrogen) atoms. The third-order valence-electron chi connectivity index (χ3n) is 2.56. The third-order valence-corrected chi connectivity index (χ3v) is 4.20. The van der Waals surface area contributed by atoms with Crippen molar-refractivity contribution >= 4 is 38.9 Å². The second-order valence-electron chi connectivity index (χ2n) is 4.30. The number of unbranched alkanes of at least 4 members (excludes halogenated alkanes) is 1. The fourth-order valence-electron chi connectivity index (χ4n) is 1.49. The number of sulfonamides is 1. The molecule has 0 aliphatic rings. The number of carbonyl (C=O) groups excluding carboxylic acids is 1. The smallest absolute Gasteiger partial charge is 0.232 e. The van der Waals surface area contributed by atoms with E-state index in [9.17, 15) is 13.2 Å². The van der Waals surface area contributed by atoms with Crippen molar-refractivity contribution in [2.75, 3.05) is 21.7 Å². The lowest BCUT2D eigenvalue weighted by molar-refractivity contribution is -0.115. The van der Waals surface area contributed by atoms with Crippen LogP contribution in [0.25, 0.3) is 0 Å². The number of hydrogen-bond donors (Lipinski definition) is 2. The van der Waals surface area contributed by atoms with Crippen LogP contribution in [0.3, 0.4) is 0 Å². The van der Waals surface area contributed by atoms with Crippen molar-refractivity contribution in [2.45, 2.75) is 26.2 Å². The number of amides is 1. The summed E-state index contributed by atoms with van der Waals surface area (Å²) >= 11 is 5.51. The van der Waals surface area contributed by atoms with Crippen LogP contribution >= 0.6 is 11.6 Å². The van der Waals surface area contributed by atoms with Gasteiger partial charge in [-0.1, -0.05) is 6.92 Å². The number of hydrogen-bond acceptors (Lipinski definition) is 3. The fourth-order valence-corrected chi connectivity index (χ4v) is 2.86. The Hall–Kier alpha value is -1.27. The first kappa shape index (κ1) is 16.8. The number of carbonyl (C=O) groups is 1. The summed E-state index contributed by atoms with van der Waals surface area (Å²) in [7, 11) is -3.34. The molecule has 0 aliphatic carbocycles. The van der Waals surface area contributed by atoms with Gasteiger partial charge in [-0.2, -0.15) is 0 Å². The molecular weight excluding hydrogens is 300 g/mol. The minimum atomic E-state index is -3.34. The van der Waals surface area contributed by atoms with Gasteiger partial charge in [0, 0.05) is 23.7 Å². The van der Waals surface area contributed by atoms with Gasteiger partial charge in [0.2, 0.25) is 15.9 Å². The maximum Gasteiger partial charge on any atom is 0.232 e. The average Bonchev–Trinajstić information content (AvgIpc) is 2.40. The van der Waals surface area contributed by atoms with Crippen LogP contribution in [0, 0.1) is 0 Å². The van der Waals surface area contributed by atoms with Crippen LogP contribution in [-0.4, -0.2) is 26.0 Å². The lowest BCUT2D eigenvalue weighted by atomic mass is 10.3. The Kier molecular flexibility index (Phi) is 6.81. The molecule has 0 bridgehead atoms. The number of benzene rings is 1. The summed E-state index contributed by atoms with van der Waals surface area (Å²) in [6, 6.07) is 6.54. The summed E-state index contributed by atoms with van der Waals surface area (Å²) in [6.45, 7) is 1.76. The second-order valence-corrected chi connectivity index (χ2v) is 6.52. The minimum absolute atomic E-state index is 0.0496. The van der Waals surface area contributed by atoms with Gasteiger partial charge in [-0.3, -0.25) is 9.52 Å². The van der Waals surface area contributed by atoms with E-state index in [1.807, 2.05) is 0 Å². The van der Waals surface area contributed by atoms with Crippen LogP contribution in [0.1, 0.15) is 26.2 Å². The van der Waals surface area contributed by atoms with Gasteiger partial charge in [0.05, 0.1) is 5.75 Å². The van der Waals surface area contributed by atoms with Crippen LogP contribution in [0.2, 0.25) is 0 Å². The van der Waals surface area contributed by atoms with Gasteiger partial charge in [-0.15, -0.1) is 11.6 Å². The van der Waals surface area contributed by atoms with Crippen LogP contribution in [-0.2, 0) is 14.8 Å². The quantitative estimate of drug-likeness (QED) is 0.571. The maximum atomic E-state index is 11.8. The highest BCUT2D eigenvalue weighted by Crippen LogP contribution is 2.15. The van der Waals surface area contributed by atoms with Crippen molar-refractivity contribution in [3.8, 4) is 0 Å². The van der Waals surface area contributed by atoms with Crippen LogP contribution in [0.4, 0.5) is 11.4 Å². The van der Waals surface area contributed by atoms with Crippen LogP contribution in [0.15, 0.2) is 24.3 Å². The third kappa shape index (κ3) is 6.25. The van der Waals surface area contributed by atoms with Crippen molar-refractivity contribution < 1.29 is 13.2 Å². The molecule has 1 aromatic carbocycles. The summed E-state index contributed by atoms with van der Waals surface area (Å²) in [4.78, 5) is 11.2. The van der Waals surface area contributed by atoms with E-state index in [2.05, 4.69) is 10.0 Å². The van der Waals surface area contributed by atoms with Gasteiger partial charge in [-0.25, -0.2) is 8.42 Å². The Morgan fingerprint density at radius 3 is 2.30 bits per heavy atom. The van der Waals surface area contributed by atoms with Crippen molar-refractivity contribution in [2.24, 2.45) is 0 Å².